The van der Waals surface area contributed by atoms with Crippen molar-refractivity contribution in [2.24, 2.45) is 11.0 Å². The van der Waals surface area contributed by atoms with Crippen molar-refractivity contribution in [3.05, 3.63) is 0 Å². The number of nitrogens with zero attached hydrogens (tertiary/aromatic N) is 3. The predicted molar refractivity (Wildman–Crippen MR) is 75.4 cm³/mol. The predicted octanol–water partition coefficient (Wildman–Crippen LogP) is 4.65. The van der Waals surface area contributed by atoms with Gasteiger partial charge < -0.3 is 0 Å². The van der Waals surface area contributed by atoms with Gasteiger partial charge in [0.25, 0.3) is 0 Å². The summed E-state index contributed by atoms with van der Waals surface area (Å²) in [6, 6.07) is -4.91. The molecule has 0 aromatic rings. The van der Waals surface area contributed by atoms with Crippen molar-refractivity contribution in [2.75, 3.05) is 6.54 Å². The zero-order chi connectivity index (χ0) is 17.0. The Morgan fingerprint density at radius 1 is 1.09 bits per heavy atom. The molecule has 0 saturated heterocycles. The molecule has 0 N–H and O–H groups in total. The maximum Gasteiger partial charge on any atom is 0.475 e. The second-order valence-corrected chi connectivity index (χ2v) is 6.01. The van der Waals surface area contributed by atoms with Crippen molar-refractivity contribution in [2.45, 2.75) is 71.3 Å². The summed E-state index contributed by atoms with van der Waals surface area (Å²) in [5, 5.41) is 5.14. The average molecular weight is 329 g/mol. The first-order valence-electron chi connectivity index (χ1n) is 7.65. The van der Waals surface area contributed by atoms with Crippen LogP contribution >= 0.6 is 0 Å². The molecule has 1 aliphatic heterocycles. The van der Waals surface area contributed by atoms with Crippen molar-refractivity contribution in [1.29, 1.82) is 0 Å². The minimum absolute atomic E-state index is 0.0172. The SMILES string of the molecule is CCCCCCN1N=CN(C(F)(F)C(F)(F)F)C1CC(C)C. The van der Waals surface area contributed by atoms with Crippen LogP contribution in [0.1, 0.15) is 52.9 Å². The van der Waals surface area contributed by atoms with Crippen LogP contribution in [0.15, 0.2) is 5.10 Å². The largest absolute Gasteiger partial charge is 0.475 e. The summed E-state index contributed by atoms with van der Waals surface area (Å²) in [5.41, 5.74) is 0. The first-order chi connectivity index (χ1) is 10.1. The lowest BCUT2D eigenvalue weighted by atomic mass is 10.1. The van der Waals surface area contributed by atoms with E-state index >= 15 is 0 Å². The van der Waals surface area contributed by atoms with E-state index in [9.17, 15) is 22.0 Å². The summed E-state index contributed by atoms with van der Waals surface area (Å²) in [7, 11) is 0. The van der Waals surface area contributed by atoms with Crippen LogP contribution in [-0.2, 0) is 0 Å². The molecule has 0 bridgehead atoms. The van der Waals surface area contributed by atoms with Crippen LogP contribution in [0, 0.1) is 5.92 Å². The molecule has 0 radical (unpaired) electrons. The van der Waals surface area contributed by atoms with Crippen molar-refractivity contribution in [3.8, 4) is 0 Å². The highest BCUT2D eigenvalue weighted by molar-refractivity contribution is 5.58. The molecule has 1 rings (SSSR count). The number of halogens is 5. The van der Waals surface area contributed by atoms with E-state index in [4.69, 9.17) is 0 Å². The van der Waals surface area contributed by atoms with Gasteiger partial charge in [-0.3, -0.25) is 9.91 Å². The third-order valence-corrected chi connectivity index (χ3v) is 3.58. The van der Waals surface area contributed by atoms with Crippen LogP contribution in [0.25, 0.3) is 0 Å². The van der Waals surface area contributed by atoms with Gasteiger partial charge in [-0.25, -0.2) is 0 Å². The molecule has 130 valence electrons. The van der Waals surface area contributed by atoms with Gasteiger partial charge in [-0.1, -0.05) is 40.0 Å². The number of hydrogen-bond donors (Lipinski definition) is 0. The van der Waals surface area contributed by atoms with E-state index in [-0.39, 0.29) is 17.2 Å². The topological polar surface area (TPSA) is 18.8 Å². The summed E-state index contributed by atoms with van der Waals surface area (Å²) < 4.78 is 65.1. The van der Waals surface area contributed by atoms with Gasteiger partial charge in [0.15, 0.2) is 0 Å². The first kappa shape index (κ1) is 19.0. The normalized spacial score (nSPS) is 19.6. The molecule has 22 heavy (non-hydrogen) atoms. The maximum absolute atomic E-state index is 13.6. The minimum Gasteiger partial charge on any atom is -0.273 e. The van der Waals surface area contributed by atoms with Crippen LogP contribution in [0.2, 0.25) is 0 Å². The molecule has 1 heterocycles. The van der Waals surface area contributed by atoms with Gasteiger partial charge in [0.1, 0.15) is 12.5 Å². The molecule has 0 aromatic heterocycles. The van der Waals surface area contributed by atoms with Crippen LogP contribution in [0.5, 0.6) is 0 Å². The van der Waals surface area contributed by atoms with E-state index in [2.05, 4.69) is 5.10 Å². The number of alkyl halides is 5. The smallest absolute Gasteiger partial charge is 0.273 e. The summed E-state index contributed by atoms with van der Waals surface area (Å²) in [5.74, 6) is -0.0172. The summed E-state index contributed by atoms with van der Waals surface area (Å²) in [6.45, 7) is 6.01. The lowest BCUT2D eigenvalue weighted by Gasteiger charge is -2.36. The molecule has 1 unspecified atom stereocenters. The Bertz CT molecular complexity index is 368. The molecule has 0 spiro atoms. The highest BCUT2D eigenvalue weighted by Gasteiger charge is 2.64. The molecule has 3 nitrogen and oxygen atoms in total. The van der Waals surface area contributed by atoms with Crippen molar-refractivity contribution >= 4 is 6.34 Å². The zero-order valence-corrected chi connectivity index (χ0v) is 13.2. The zero-order valence-electron chi connectivity index (χ0n) is 13.2. The molecule has 0 saturated carbocycles. The Balaban J connectivity index is 2.80. The molecule has 0 aliphatic carbocycles. The van der Waals surface area contributed by atoms with Crippen molar-refractivity contribution < 1.29 is 22.0 Å². The van der Waals surface area contributed by atoms with E-state index < -0.39 is 18.4 Å². The van der Waals surface area contributed by atoms with E-state index in [1.807, 2.05) is 6.92 Å². The van der Waals surface area contributed by atoms with E-state index in [1.165, 1.54) is 5.01 Å². The van der Waals surface area contributed by atoms with Crippen LogP contribution in [-0.4, -0.2) is 41.2 Å². The minimum atomic E-state index is -5.62. The van der Waals surface area contributed by atoms with Gasteiger partial charge in [0.2, 0.25) is 0 Å². The Kier molecular flexibility index (Phi) is 6.43. The van der Waals surface area contributed by atoms with Crippen LogP contribution < -0.4 is 0 Å². The Labute approximate surface area is 128 Å². The molecule has 8 heteroatoms. The van der Waals surface area contributed by atoms with Crippen molar-refractivity contribution in [1.82, 2.24) is 9.91 Å². The second kappa shape index (κ2) is 7.46. The number of unbranched alkanes of at least 4 members (excludes halogenated alkanes) is 3. The lowest BCUT2D eigenvalue weighted by Crippen LogP contribution is -2.57. The van der Waals surface area contributed by atoms with Gasteiger partial charge in [-0.2, -0.15) is 27.1 Å². The second-order valence-electron chi connectivity index (χ2n) is 6.01. The summed E-state index contributed by atoms with van der Waals surface area (Å²) in [4.78, 5) is 0.0484. The highest BCUT2D eigenvalue weighted by Crippen LogP contribution is 2.41. The van der Waals surface area contributed by atoms with Crippen LogP contribution in [0.4, 0.5) is 22.0 Å². The lowest BCUT2D eigenvalue weighted by molar-refractivity contribution is -0.334. The van der Waals surface area contributed by atoms with E-state index in [1.54, 1.807) is 13.8 Å². The van der Waals surface area contributed by atoms with Gasteiger partial charge in [-0.15, -0.1) is 0 Å². The summed E-state index contributed by atoms with van der Waals surface area (Å²) >= 11 is 0. The molecule has 1 aliphatic rings. The third-order valence-electron chi connectivity index (χ3n) is 3.58. The molecule has 0 aromatic carbocycles. The molecule has 0 fully saturated rings. The van der Waals surface area contributed by atoms with Gasteiger partial charge in [-0.05, 0) is 18.8 Å². The third kappa shape index (κ3) is 4.46. The van der Waals surface area contributed by atoms with Gasteiger partial charge in [0.05, 0.1) is 0 Å². The Morgan fingerprint density at radius 3 is 2.23 bits per heavy atom. The van der Waals surface area contributed by atoms with Crippen molar-refractivity contribution in [3.63, 3.8) is 0 Å². The Hall–Kier alpha value is -1.08. The van der Waals surface area contributed by atoms with Gasteiger partial charge in [0, 0.05) is 6.54 Å². The highest BCUT2D eigenvalue weighted by atomic mass is 19.4. The number of rotatable bonds is 8. The van der Waals surface area contributed by atoms with Crippen LogP contribution in [0.3, 0.4) is 0 Å². The average Bonchev–Trinajstić information content (AvgIpc) is 2.76. The van der Waals surface area contributed by atoms with E-state index in [0.29, 0.717) is 12.9 Å². The first-order valence-corrected chi connectivity index (χ1v) is 7.65. The summed E-state index contributed by atoms with van der Waals surface area (Å²) in [6.07, 6.45) is -2.19. The number of hydrazone groups is 1. The van der Waals surface area contributed by atoms with E-state index in [0.717, 1.165) is 25.7 Å². The molecule has 1 atom stereocenters. The maximum atomic E-state index is 13.6. The quantitative estimate of drug-likeness (QED) is 0.366. The fourth-order valence-electron chi connectivity index (χ4n) is 2.39. The molecule has 0 amide bonds. The fraction of sp³-hybridized carbons (Fsp3) is 0.929. The number of hydrogen-bond acceptors (Lipinski definition) is 3. The standard InChI is InChI=1S/C14H24F5N3/c1-4-5-6-7-8-22-12(9-11(2)3)21(10-20-22)14(18,19)13(15,16)17/h10-12H,4-9H2,1-3H3. The Morgan fingerprint density at radius 2 is 1.73 bits per heavy atom. The fourth-order valence-corrected chi connectivity index (χ4v) is 2.39. The molecular weight excluding hydrogens is 305 g/mol. The van der Waals surface area contributed by atoms with Gasteiger partial charge >= 0.3 is 12.2 Å². The monoisotopic (exact) mass is 329 g/mol. The molecular formula is C14H24F5N3.